The van der Waals surface area contributed by atoms with E-state index in [-0.39, 0.29) is 6.42 Å². The van der Waals surface area contributed by atoms with Gasteiger partial charge in [-0.3, -0.25) is 24.1 Å². The molecule has 0 aliphatic heterocycles. The fraction of sp³-hybridized carbons (Fsp3) is 0.750. The molecule has 0 amide bonds. The van der Waals surface area contributed by atoms with Crippen molar-refractivity contribution in [3.63, 3.8) is 0 Å². The van der Waals surface area contributed by atoms with Gasteiger partial charge in [0.1, 0.15) is 29.5 Å². The number of rotatable bonds is 11. The zero-order chi connectivity index (χ0) is 26.0. The third-order valence-electron chi connectivity index (χ3n) is 3.58. The second kappa shape index (κ2) is 12.7. The van der Waals surface area contributed by atoms with Gasteiger partial charge in [0, 0.05) is 6.42 Å². The molecule has 0 N–H and O–H groups in total. The molecule has 1 atom stereocenters. The van der Waals surface area contributed by atoms with Crippen LogP contribution in [0.1, 0.15) is 75.2 Å². The summed E-state index contributed by atoms with van der Waals surface area (Å²) in [6.45, 7) is 17.6. The summed E-state index contributed by atoms with van der Waals surface area (Å²) < 4.78 is 21.4. The van der Waals surface area contributed by atoms with Gasteiger partial charge in [0.25, 0.3) is 0 Å². The van der Waals surface area contributed by atoms with E-state index in [2.05, 4.69) is 6.58 Å². The van der Waals surface area contributed by atoms with Crippen molar-refractivity contribution < 1.29 is 38.1 Å². The van der Waals surface area contributed by atoms with Crippen molar-refractivity contribution >= 4 is 23.9 Å². The number of hydrogen-bond donors (Lipinski definition) is 0. The molecule has 9 heteroatoms. The van der Waals surface area contributed by atoms with Crippen LogP contribution < -0.4 is 0 Å². The standard InChI is InChI=1S/C24H41NO8/c1-11-12-13-18(26)30-16-17(21(29)33-24(8,9)10)25(14-19(27)31-22(2,3)4)15-20(28)32-23(5,6)7/h11,17H,1,12-16H2,2-10H3. The fourth-order valence-corrected chi connectivity index (χ4v) is 2.51. The molecule has 0 bridgehead atoms. The average molecular weight is 472 g/mol. The Morgan fingerprint density at radius 2 is 1.18 bits per heavy atom. The first kappa shape index (κ1) is 30.6. The number of ether oxygens (including phenoxy) is 4. The highest BCUT2D eigenvalue weighted by Gasteiger charge is 2.36. The van der Waals surface area contributed by atoms with Crippen molar-refractivity contribution in [2.75, 3.05) is 19.7 Å². The predicted molar refractivity (Wildman–Crippen MR) is 123 cm³/mol. The maximum atomic E-state index is 13.0. The summed E-state index contributed by atoms with van der Waals surface area (Å²) in [6.07, 6.45) is 2.07. The maximum absolute atomic E-state index is 13.0. The molecule has 0 saturated carbocycles. The maximum Gasteiger partial charge on any atom is 0.327 e. The molecular formula is C24H41NO8. The zero-order valence-corrected chi connectivity index (χ0v) is 21.6. The Morgan fingerprint density at radius 3 is 1.55 bits per heavy atom. The van der Waals surface area contributed by atoms with Crippen molar-refractivity contribution in [3.8, 4) is 0 Å². The van der Waals surface area contributed by atoms with Crippen LogP contribution in [-0.2, 0) is 38.1 Å². The van der Waals surface area contributed by atoms with Crippen molar-refractivity contribution in [2.45, 2.75) is 98.0 Å². The normalized spacial score (nSPS) is 13.2. The monoisotopic (exact) mass is 471 g/mol. The Bertz CT molecular complexity index is 665. The van der Waals surface area contributed by atoms with E-state index >= 15 is 0 Å². The third kappa shape index (κ3) is 15.9. The highest BCUT2D eigenvalue weighted by Crippen LogP contribution is 2.16. The first-order valence-electron chi connectivity index (χ1n) is 11.0. The summed E-state index contributed by atoms with van der Waals surface area (Å²) >= 11 is 0. The molecule has 190 valence electrons. The van der Waals surface area contributed by atoms with E-state index in [1.54, 1.807) is 68.4 Å². The minimum absolute atomic E-state index is 0.0860. The van der Waals surface area contributed by atoms with Gasteiger partial charge in [0.2, 0.25) is 0 Å². The molecule has 0 aromatic carbocycles. The molecule has 0 aliphatic carbocycles. The summed E-state index contributed by atoms with van der Waals surface area (Å²) in [5.41, 5.74) is -2.38. The number of allylic oxidation sites excluding steroid dienone is 1. The third-order valence-corrected chi connectivity index (χ3v) is 3.58. The lowest BCUT2D eigenvalue weighted by Gasteiger charge is -2.32. The van der Waals surface area contributed by atoms with E-state index in [0.29, 0.717) is 6.42 Å². The Hall–Kier alpha value is -2.42. The molecule has 0 heterocycles. The summed E-state index contributed by atoms with van der Waals surface area (Å²) in [5, 5.41) is 0. The van der Waals surface area contributed by atoms with Crippen molar-refractivity contribution in [1.82, 2.24) is 4.90 Å². The van der Waals surface area contributed by atoms with Gasteiger partial charge in [-0.05, 0) is 68.7 Å². The Labute approximate surface area is 197 Å². The molecule has 0 fully saturated rings. The molecule has 0 saturated heterocycles. The summed E-state index contributed by atoms with van der Waals surface area (Å²) in [4.78, 5) is 51.3. The lowest BCUT2D eigenvalue weighted by molar-refractivity contribution is -0.170. The minimum Gasteiger partial charge on any atom is -0.463 e. The van der Waals surface area contributed by atoms with E-state index in [1.165, 1.54) is 4.90 Å². The van der Waals surface area contributed by atoms with Gasteiger partial charge in [0.05, 0.1) is 13.1 Å². The lowest BCUT2D eigenvalue weighted by Crippen LogP contribution is -2.52. The van der Waals surface area contributed by atoms with Crippen molar-refractivity contribution in [2.24, 2.45) is 0 Å². The number of hydrogen-bond acceptors (Lipinski definition) is 9. The van der Waals surface area contributed by atoms with Crippen molar-refractivity contribution in [1.29, 1.82) is 0 Å². The summed E-state index contributed by atoms with van der Waals surface area (Å²) in [5.74, 6) is -2.60. The molecule has 0 aliphatic rings. The van der Waals surface area contributed by atoms with Crippen LogP contribution >= 0.6 is 0 Å². The van der Waals surface area contributed by atoms with E-state index in [9.17, 15) is 19.2 Å². The van der Waals surface area contributed by atoms with Crippen molar-refractivity contribution in [3.05, 3.63) is 12.7 Å². The Balaban J connectivity index is 5.86. The molecule has 0 rings (SSSR count). The van der Waals surface area contributed by atoms with E-state index in [4.69, 9.17) is 18.9 Å². The highest BCUT2D eigenvalue weighted by atomic mass is 16.6. The van der Waals surface area contributed by atoms with E-state index < -0.39 is 66.4 Å². The number of carbonyl (C=O) groups excluding carboxylic acids is 4. The van der Waals surface area contributed by atoms with Crippen LogP contribution in [0.4, 0.5) is 0 Å². The second-order valence-corrected chi connectivity index (χ2v) is 10.6. The number of nitrogens with zero attached hydrogens (tertiary/aromatic N) is 1. The topological polar surface area (TPSA) is 108 Å². The Kier molecular flexibility index (Phi) is 11.8. The van der Waals surface area contributed by atoms with Crippen LogP contribution in [0.3, 0.4) is 0 Å². The summed E-state index contributed by atoms with van der Waals surface area (Å²) in [7, 11) is 0. The molecule has 1 unspecified atom stereocenters. The number of esters is 4. The number of carbonyl (C=O) groups is 4. The molecule has 0 aromatic rings. The molecule has 0 aromatic heterocycles. The minimum atomic E-state index is -1.23. The van der Waals surface area contributed by atoms with Crippen LogP contribution in [0.2, 0.25) is 0 Å². The molecule has 33 heavy (non-hydrogen) atoms. The van der Waals surface area contributed by atoms with Crippen LogP contribution in [0, 0.1) is 0 Å². The zero-order valence-electron chi connectivity index (χ0n) is 21.6. The summed E-state index contributed by atoms with van der Waals surface area (Å²) in [6, 6.07) is -1.23. The second-order valence-electron chi connectivity index (χ2n) is 10.6. The molecular weight excluding hydrogens is 430 g/mol. The van der Waals surface area contributed by atoms with Gasteiger partial charge >= 0.3 is 23.9 Å². The van der Waals surface area contributed by atoms with Gasteiger partial charge in [0.15, 0.2) is 0 Å². The van der Waals surface area contributed by atoms with Gasteiger partial charge in [-0.15, -0.1) is 6.58 Å². The molecule has 0 spiro atoms. The van der Waals surface area contributed by atoms with E-state index in [0.717, 1.165) is 0 Å². The smallest absolute Gasteiger partial charge is 0.327 e. The lowest BCUT2D eigenvalue weighted by atomic mass is 10.1. The highest BCUT2D eigenvalue weighted by molar-refractivity contribution is 5.81. The fourth-order valence-electron chi connectivity index (χ4n) is 2.51. The van der Waals surface area contributed by atoms with Crippen LogP contribution in [-0.4, -0.2) is 71.3 Å². The van der Waals surface area contributed by atoms with E-state index in [1.807, 2.05) is 0 Å². The Morgan fingerprint density at radius 1 is 0.758 bits per heavy atom. The van der Waals surface area contributed by atoms with Crippen LogP contribution in [0.25, 0.3) is 0 Å². The first-order chi connectivity index (χ1) is 14.8. The SMILES string of the molecule is C=CCCC(=O)OCC(C(=O)OC(C)(C)C)N(CC(=O)OC(C)(C)C)CC(=O)OC(C)(C)C. The largest absolute Gasteiger partial charge is 0.463 e. The quantitative estimate of drug-likeness (QED) is 0.255. The molecule has 0 radical (unpaired) electrons. The van der Waals surface area contributed by atoms with Gasteiger partial charge in [-0.25, -0.2) is 0 Å². The first-order valence-corrected chi connectivity index (χ1v) is 11.0. The van der Waals surface area contributed by atoms with Crippen LogP contribution in [0.15, 0.2) is 12.7 Å². The average Bonchev–Trinajstić information content (AvgIpc) is 2.54. The predicted octanol–water partition coefficient (Wildman–Crippen LogP) is 3.19. The van der Waals surface area contributed by atoms with Gasteiger partial charge in [-0.2, -0.15) is 0 Å². The molecule has 9 nitrogen and oxygen atoms in total. The van der Waals surface area contributed by atoms with Crippen LogP contribution in [0.5, 0.6) is 0 Å². The van der Waals surface area contributed by atoms with Gasteiger partial charge in [-0.1, -0.05) is 6.08 Å². The van der Waals surface area contributed by atoms with Gasteiger partial charge < -0.3 is 18.9 Å².